The number of hydrogen-bond donors (Lipinski definition) is 2. The fourth-order valence-corrected chi connectivity index (χ4v) is 4.29. The molecular weight excluding hydrogens is 348 g/mol. The maximum absolute atomic E-state index is 12.6. The molecule has 7 heteroatoms. The van der Waals surface area contributed by atoms with Crippen LogP contribution in [0.1, 0.15) is 47.1 Å². The number of benzene rings is 1. The highest BCUT2D eigenvalue weighted by atomic mass is 32.1. The first-order valence-corrected chi connectivity index (χ1v) is 9.58. The third kappa shape index (κ3) is 3.71. The molecule has 0 bridgehead atoms. The van der Waals surface area contributed by atoms with Crippen LogP contribution in [0.4, 0.5) is 0 Å². The van der Waals surface area contributed by atoms with E-state index in [9.17, 15) is 9.90 Å². The van der Waals surface area contributed by atoms with Crippen molar-refractivity contribution in [1.29, 1.82) is 5.26 Å². The Morgan fingerprint density at radius 3 is 3.08 bits per heavy atom. The van der Waals surface area contributed by atoms with Crippen molar-refractivity contribution in [3.8, 4) is 22.4 Å². The number of phenols is 1. The number of thiazole rings is 1. The molecule has 1 atom stereocenters. The standard InChI is InChI=1S/C19H22N4O2S/c1-3-15-5-4-8-23(15)11-21-18(25)17-12(2)22-19(26-17)13-6-7-16(24)14(9-13)10-20/h6-7,9,15,24H,3-5,8,11H2,1-2H3,(H,21,25)/t15-/m0/s1. The van der Waals surface area contributed by atoms with Gasteiger partial charge in [0, 0.05) is 18.2 Å². The molecule has 2 aromatic rings. The highest BCUT2D eigenvalue weighted by Gasteiger charge is 2.24. The molecule has 1 aliphatic rings. The number of carbonyl (C=O) groups is 1. The zero-order chi connectivity index (χ0) is 18.7. The van der Waals surface area contributed by atoms with Crippen LogP contribution in [0.2, 0.25) is 0 Å². The van der Waals surface area contributed by atoms with Gasteiger partial charge in [0.2, 0.25) is 0 Å². The number of amides is 1. The highest BCUT2D eigenvalue weighted by molar-refractivity contribution is 7.17. The van der Waals surface area contributed by atoms with Gasteiger partial charge in [-0.2, -0.15) is 5.26 Å². The lowest BCUT2D eigenvalue weighted by molar-refractivity contribution is 0.0920. The first-order chi connectivity index (χ1) is 12.5. The Kier molecular flexibility index (Phi) is 5.55. The number of aromatic nitrogens is 1. The number of likely N-dealkylation sites (tertiary alicyclic amines) is 1. The lowest BCUT2D eigenvalue weighted by Crippen LogP contribution is -2.40. The average Bonchev–Trinajstić information content (AvgIpc) is 3.26. The van der Waals surface area contributed by atoms with E-state index in [1.165, 1.54) is 30.2 Å². The molecular formula is C19H22N4O2S. The van der Waals surface area contributed by atoms with Gasteiger partial charge in [-0.25, -0.2) is 4.98 Å². The van der Waals surface area contributed by atoms with Gasteiger partial charge in [0.1, 0.15) is 21.7 Å². The smallest absolute Gasteiger partial charge is 0.264 e. The molecule has 0 saturated carbocycles. The van der Waals surface area contributed by atoms with Crippen molar-refractivity contribution in [3.63, 3.8) is 0 Å². The maximum atomic E-state index is 12.6. The SMILES string of the molecule is CC[C@H]1CCCN1CNC(=O)c1sc(-c2ccc(O)c(C#N)c2)nc1C. The summed E-state index contributed by atoms with van der Waals surface area (Å²) < 4.78 is 0. The minimum atomic E-state index is -0.118. The van der Waals surface area contributed by atoms with Gasteiger partial charge in [-0.1, -0.05) is 6.92 Å². The number of phenolic OH excluding ortho intramolecular Hbond substituents is 1. The molecule has 1 aromatic carbocycles. The molecule has 0 aliphatic carbocycles. The predicted octanol–water partition coefficient (Wildman–Crippen LogP) is 3.26. The minimum Gasteiger partial charge on any atom is -0.507 e. The van der Waals surface area contributed by atoms with Crippen molar-refractivity contribution in [1.82, 2.24) is 15.2 Å². The largest absolute Gasteiger partial charge is 0.507 e. The zero-order valence-electron chi connectivity index (χ0n) is 15.0. The summed E-state index contributed by atoms with van der Waals surface area (Å²) in [4.78, 5) is 19.9. The highest BCUT2D eigenvalue weighted by Crippen LogP contribution is 2.30. The van der Waals surface area contributed by atoms with Crippen molar-refractivity contribution in [2.45, 2.75) is 39.2 Å². The lowest BCUT2D eigenvalue weighted by atomic mass is 10.1. The molecule has 1 saturated heterocycles. The second-order valence-electron chi connectivity index (χ2n) is 6.46. The van der Waals surface area contributed by atoms with Gasteiger partial charge in [-0.3, -0.25) is 9.69 Å². The van der Waals surface area contributed by atoms with Crippen LogP contribution in [0.25, 0.3) is 10.6 Å². The van der Waals surface area contributed by atoms with E-state index in [1.54, 1.807) is 12.1 Å². The summed E-state index contributed by atoms with van der Waals surface area (Å²) in [6.07, 6.45) is 3.47. The van der Waals surface area contributed by atoms with Crippen molar-refractivity contribution >= 4 is 17.2 Å². The number of carbonyl (C=O) groups excluding carboxylic acids is 1. The third-order valence-electron chi connectivity index (χ3n) is 4.78. The molecule has 2 N–H and O–H groups in total. The number of nitrogens with one attached hydrogen (secondary N) is 1. The Morgan fingerprint density at radius 1 is 1.54 bits per heavy atom. The molecule has 6 nitrogen and oxygen atoms in total. The predicted molar refractivity (Wildman–Crippen MR) is 101 cm³/mol. The van der Waals surface area contributed by atoms with E-state index in [0.717, 1.165) is 18.5 Å². The summed E-state index contributed by atoms with van der Waals surface area (Å²) >= 11 is 1.30. The van der Waals surface area contributed by atoms with E-state index in [0.29, 0.717) is 28.3 Å². The second kappa shape index (κ2) is 7.85. The Morgan fingerprint density at radius 2 is 2.35 bits per heavy atom. The fourth-order valence-electron chi connectivity index (χ4n) is 3.31. The van der Waals surface area contributed by atoms with E-state index < -0.39 is 0 Å². The molecule has 0 unspecified atom stereocenters. The fraction of sp³-hybridized carbons (Fsp3) is 0.421. The topological polar surface area (TPSA) is 89.3 Å². The molecule has 0 radical (unpaired) electrons. The maximum Gasteiger partial charge on any atom is 0.264 e. The third-order valence-corrected chi connectivity index (χ3v) is 5.99. The molecule has 1 fully saturated rings. The average molecular weight is 370 g/mol. The van der Waals surface area contributed by atoms with Crippen LogP contribution in [0.5, 0.6) is 5.75 Å². The van der Waals surface area contributed by atoms with Crippen molar-refractivity contribution in [2.75, 3.05) is 13.2 Å². The van der Waals surface area contributed by atoms with Crippen LogP contribution in [-0.4, -0.2) is 40.2 Å². The summed E-state index contributed by atoms with van der Waals surface area (Å²) in [5.74, 6) is -0.175. The monoisotopic (exact) mass is 370 g/mol. The van der Waals surface area contributed by atoms with Gasteiger partial charge in [0.05, 0.1) is 17.9 Å². The first kappa shape index (κ1) is 18.4. The summed E-state index contributed by atoms with van der Waals surface area (Å²) in [6.45, 7) is 5.57. The van der Waals surface area contributed by atoms with Crippen LogP contribution in [-0.2, 0) is 0 Å². The Hall–Kier alpha value is -2.43. The van der Waals surface area contributed by atoms with E-state index in [-0.39, 0.29) is 17.2 Å². The Balaban J connectivity index is 1.73. The second-order valence-corrected chi connectivity index (χ2v) is 7.46. The van der Waals surface area contributed by atoms with Crippen LogP contribution >= 0.6 is 11.3 Å². The number of aryl methyl sites for hydroxylation is 1. The summed E-state index contributed by atoms with van der Waals surface area (Å²) in [5.41, 5.74) is 1.58. The quantitative estimate of drug-likeness (QED) is 0.843. The van der Waals surface area contributed by atoms with E-state index in [2.05, 4.69) is 22.1 Å². The molecule has 136 valence electrons. The number of aromatic hydroxyl groups is 1. The van der Waals surface area contributed by atoms with Gasteiger partial charge in [-0.05, 0) is 44.4 Å². The Bertz CT molecular complexity index is 856. The van der Waals surface area contributed by atoms with Crippen LogP contribution < -0.4 is 5.32 Å². The van der Waals surface area contributed by atoms with E-state index >= 15 is 0 Å². The molecule has 0 spiro atoms. The minimum absolute atomic E-state index is 0.0569. The zero-order valence-corrected chi connectivity index (χ0v) is 15.8. The number of rotatable bonds is 5. The number of nitrogens with zero attached hydrogens (tertiary/aromatic N) is 3. The lowest BCUT2D eigenvalue weighted by Gasteiger charge is -2.23. The molecule has 2 heterocycles. The first-order valence-electron chi connectivity index (χ1n) is 8.76. The van der Waals surface area contributed by atoms with Crippen molar-refractivity contribution < 1.29 is 9.90 Å². The van der Waals surface area contributed by atoms with Crippen LogP contribution in [0.3, 0.4) is 0 Å². The van der Waals surface area contributed by atoms with Crippen LogP contribution in [0.15, 0.2) is 18.2 Å². The summed E-state index contributed by atoms with van der Waals surface area (Å²) in [7, 11) is 0. The van der Waals surface area contributed by atoms with Crippen molar-refractivity contribution in [3.05, 3.63) is 34.3 Å². The van der Waals surface area contributed by atoms with E-state index in [4.69, 9.17) is 5.26 Å². The van der Waals surface area contributed by atoms with E-state index in [1.807, 2.05) is 13.0 Å². The van der Waals surface area contributed by atoms with Gasteiger partial charge in [-0.15, -0.1) is 11.3 Å². The summed E-state index contributed by atoms with van der Waals surface area (Å²) in [6, 6.07) is 7.27. The van der Waals surface area contributed by atoms with Crippen molar-refractivity contribution in [2.24, 2.45) is 0 Å². The van der Waals surface area contributed by atoms with Gasteiger partial charge in [0.15, 0.2) is 0 Å². The summed E-state index contributed by atoms with van der Waals surface area (Å²) in [5, 5.41) is 22.4. The molecule has 26 heavy (non-hydrogen) atoms. The number of hydrogen-bond acceptors (Lipinski definition) is 6. The normalized spacial score (nSPS) is 17.2. The number of nitriles is 1. The Labute approximate surface area is 157 Å². The van der Waals surface area contributed by atoms with Crippen LogP contribution in [0, 0.1) is 18.3 Å². The van der Waals surface area contributed by atoms with Gasteiger partial charge in [0.25, 0.3) is 5.91 Å². The van der Waals surface area contributed by atoms with Gasteiger partial charge < -0.3 is 10.4 Å². The van der Waals surface area contributed by atoms with Gasteiger partial charge >= 0.3 is 0 Å². The molecule has 1 aliphatic heterocycles. The molecule has 1 amide bonds. The molecule has 1 aromatic heterocycles. The molecule has 3 rings (SSSR count).